The first-order chi connectivity index (χ1) is 8.15. The number of rotatable bonds is 4. The van der Waals surface area contributed by atoms with Crippen molar-refractivity contribution in [2.24, 2.45) is 0 Å². The zero-order valence-corrected chi connectivity index (χ0v) is 11.3. The summed E-state index contributed by atoms with van der Waals surface area (Å²) in [6, 6.07) is 1.78. The maximum Gasteiger partial charge on any atom is 0.247 e. The monoisotopic (exact) mass is 296 g/mol. The number of nitrogens with zero attached hydrogens (tertiary/aromatic N) is 2. The molecule has 17 heavy (non-hydrogen) atoms. The maximum absolute atomic E-state index is 12.3. The number of hydrogen-bond acceptors (Lipinski definition) is 3. The predicted molar refractivity (Wildman–Crippen MR) is 67.1 cm³/mol. The van der Waals surface area contributed by atoms with E-state index >= 15 is 0 Å². The number of carbonyl (C=O) groups is 1. The van der Waals surface area contributed by atoms with Crippen molar-refractivity contribution in [3.8, 4) is 0 Å². The van der Waals surface area contributed by atoms with Gasteiger partial charge >= 0.3 is 0 Å². The molecule has 0 bridgehead atoms. The Labute approximate surface area is 108 Å². The molecule has 0 atom stereocenters. The van der Waals surface area contributed by atoms with E-state index in [1.165, 1.54) is 6.26 Å². The summed E-state index contributed by atoms with van der Waals surface area (Å²) in [5.74, 6) is 0.244. The molecule has 0 radical (unpaired) electrons. The summed E-state index contributed by atoms with van der Waals surface area (Å²) in [5, 5.41) is 4.17. The molecule has 90 valence electrons. The molecular formula is C12H13BrN2O2. The van der Waals surface area contributed by atoms with Gasteiger partial charge in [-0.15, -0.1) is 0 Å². The molecule has 2 aromatic rings. The number of aromatic nitrogens is 2. The fraction of sp³-hybridized carbons (Fsp3) is 0.333. The van der Waals surface area contributed by atoms with Crippen LogP contribution in [0, 0.1) is 6.92 Å². The topological polar surface area (TPSA) is 48.0 Å². The Kier molecular flexibility index (Phi) is 3.47. The highest BCUT2D eigenvalue weighted by Crippen LogP contribution is 2.22. The first-order valence-corrected chi connectivity index (χ1v) is 6.24. The maximum atomic E-state index is 12.3. The molecule has 2 rings (SSSR count). The molecule has 0 unspecified atom stereocenters. The third-order valence-electron chi connectivity index (χ3n) is 2.51. The standard InChI is InChI=1S/C12H13BrN2O2/c1-3-5-15-10(9(13)7-14-15)11(16)12-8(2)4-6-17-12/h4,6-7H,3,5H2,1-2H3. The largest absolute Gasteiger partial charge is 0.461 e. The minimum atomic E-state index is -0.134. The number of ketones is 1. The molecule has 0 spiro atoms. The molecular weight excluding hydrogens is 284 g/mol. The average molecular weight is 297 g/mol. The number of carbonyl (C=O) groups excluding carboxylic acids is 1. The van der Waals surface area contributed by atoms with Crippen molar-refractivity contribution in [3.63, 3.8) is 0 Å². The Hall–Kier alpha value is -1.36. The van der Waals surface area contributed by atoms with Crippen LogP contribution in [0.25, 0.3) is 0 Å². The van der Waals surface area contributed by atoms with Gasteiger partial charge in [0.1, 0.15) is 5.69 Å². The molecule has 0 aliphatic heterocycles. The molecule has 4 nitrogen and oxygen atoms in total. The van der Waals surface area contributed by atoms with Crippen molar-refractivity contribution < 1.29 is 9.21 Å². The molecule has 0 saturated heterocycles. The first-order valence-electron chi connectivity index (χ1n) is 5.45. The van der Waals surface area contributed by atoms with Crippen molar-refractivity contribution in [3.05, 3.63) is 40.0 Å². The van der Waals surface area contributed by atoms with Crippen LogP contribution in [0.2, 0.25) is 0 Å². The van der Waals surface area contributed by atoms with E-state index in [0.717, 1.165) is 12.0 Å². The second-order valence-corrected chi connectivity index (χ2v) is 4.68. The van der Waals surface area contributed by atoms with Gasteiger partial charge in [-0.3, -0.25) is 9.48 Å². The number of halogens is 1. The van der Waals surface area contributed by atoms with Crippen LogP contribution in [0.1, 0.15) is 35.2 Å². The Morgan fingerprint density at radius 2 is 2.35 bits per heavy atom. The lowest BCUT2D eigenvalue weighted by atomic mass is 10.1. The third kappa shape index (κ3) is 2.20. The van der Waals surface area contributed by atoms with E-state index in [1.54, 1.807) is 16.9 Å². The summed E-state index contributed by atoms with van der Waals surface area (Å²) in [7, 11) is 0. The van der Waals surface area contributed by atoms with Crippen molar-refractivity contribution in [1.29, 1.82) is 0 Å². The van der Waals surface area contributed by atoms with Gasteiger partial charge in [-0.1, -0.05) is 6.92 Å². The predicted octanol–water partition coefficient (Wildman–Crippen LogP) is 3.19. The lowest BCUT2D eigenvalue weighted by Gasteiger charge is -2.04. The van der Waals surface area contributed by atoms with Gasteiger partial charge in [0, 0.05) is 6.54 Å². The molecule has 5 heteroatoms. The van der Waals surface area contributed by atoms with Crippen LogP contribution in [0.5, 0.6) is 0 Å². The van der Waals surface area contributed by atoms with Crippen LogP contribution in [0.4, 0.5) is 0 Å². The quantitative estimate of drug-likeness (QED) is 0.814. The molecule has 0 saturated carbocycles. The summed E-state index contributed by atoms with van der Waals surface area (Å²) in [6.45, 7) is 4.61. The van der Waals surface area contributed by atoms with E-state index in [-0.39, 0.29) is 5.78 Å². The van der Waals surface area contributed by atoms with E-state index in [2.05, 4.69) is 21.0 Å². The molecule has 2 heterocycles. The fourth-order valence-corrected chi connectivity index (χ4v) is 2.16. The summed E-state index contributed by atoms with van der Waals surface area (Å²) >= 11 is 3.35. The van der Waals surface area contributed by atoms with E-state index in [9.17, 15) is 4.79 Å². The van der Waals surface area contributed by atoms with Gasteiger partial charge < -0.3 is 4.42 Å². The van der Waals surface area contributed by atoms with Gasteiger partial charge in [-0.2, -0.15) is 5.10 Å². The summed E-state index contributed by atoms with van der Waals surface area (Å²) in [5.41, 5.74) is 1.39. The molecule has 0 N–H and O–H groups in total. The second kappa shape index (κ2) is 4.87. The SMILES string of the molecule is CCCn1ncc(Br)c1C(=O)c1occc1C. The summed E-state index contributed by atoms with van der Waals surface area (Å²) < 4.78 is 7.63. The van der Waals surface area contributed by atoms with E-state index in [0.29, 0.717) is 22.5 Å². The van der Waals surface area contributed by atoms with Crippen molar-refractivity contribution in [1.82, 2.24) is 9.78 Å². The van der Waals surface area contributed by atoms with Crippen LogP contribution >= 0.6 is 15.9 Å². The van der Waals surface area contributed by atoms with Gasteiger partial charge in [0.2, 0.25) is 5.78 Å². The summed E-state index contributed by atoms with van der Waals surface area (Å²) in [6.07, 6.45) is 4.09. The smallest absolute Gasteiger partial charge is 0.247 e. The van der Waals surface area contributed by atoms with Gasteiger partial charge in [0.15, 0.2) is 5.76 Å². The first kappa shape index (κ1) is 12.1. The number of hydrogen-bond donors (Lipinski definition) is 0. The van der Waals surface area contributed by atoms with Gasteiger partial charge in [-0.25, -0.2) is 0 Å². The number of furan rings is 1. The second-order valence-electron chi connectivity index (χ2n) is 3.83. The van der Waals surface area contributed by atoms with Crippen molar-refractivity contribution >= 4 is 21.7 Å². The Balaban J connectivity index is 2.43. The Bertz CT molecular complexity index is 542. The highest BCUT2D eigenvalue weighted by atomic mass is 79.9. The zero-order valence-electron chi connectivity index (χ0n) is 9.74. The Morgan fingerprint density at radius 1 is 1.59 bits per heavy atom. The lowest BCUT2D eigenvalue weighted by Crippen LogP contribution is -2.12. The van der Waals surface area contributed by atoms with Crippen LogP contribution in [-0.4, -0.2) is 15.6 Å². The Morgan fingerprint density at radius 3 is 2.94 bits per heavy atom. The highest BCUT2D eigenvalue weighted by molar-refractivity contribution is 9.10. The molecule has 0 amide bonds. The van der Waals surface area contributed by atoms with Gasteiger partial charge in [0.05, 0.1) is 16.9 Å². The summed E-state index contributed by atoms with van der Waals surface area (Å²) in [4.78, 5) is 12.3. The van der Waals surface area contributed by atoms with E-state index in [4.69, 9.17) is 4.42 Å². The third-order valence-corrected chi connectivity index (χ3v) is 3.09. The van der Waals surface area contributed by atoms with Gasteiger partial charge in [0.25, 0.3) is 0 Å². The van der Waals surface area contributed by atoms with Crippen molar-refractivity contribution in [2.75, 3.05) is 0 Å². The molecule has 0 aliphatic rings. The van der Waals surface area contributed by atoms with E-state index < -0.39 is 0 Å². The molecule has 0 aliphatic carbocycles. The number of aryl methyl sites for hydroxylation is 2. The van der Waals surface area contributed by atoms with Crippen LogP contribution in [0.3, 0.4) is 0 Å². The van der Waals surface area contributed by atoms with Gasteiger partial charge in [-0.05, 0) is 40.9 Å². The van der Waals surface area contributed by atoms with Crippen LogP contribution < -0.4 is 0 Å². The van der Waals surface area contributed by atoms with Crippen molar-refractivity contribution in [2.45, 2.75) is 26.8 Å². The minimum absolute atomic E-state index is 0.134. The average Bonchev–Trinajstić information content (AvgIpc) is 2.86. The minimum Gasteiger partial charge on any atom is -0.461 e. The molecule has 2 aromatic heterocycles. The molecule has 0 aromatic carbocycles. The highest BCUT2D eigenvalue weighted by Gasteiger charge is 2.22. The molecule has 0 fully saturated rings. The zero-order chi connectivity index (χ0) is 12.4. The van der Waals surface area contributed by atoms with Crippen LogP contribution in [-0.2, 0) is 6.54 Å². The van der Waals surface area contributed by atoms with Crippen LogP contribution in [0.15, 0.2) is 27.4 Å². The normalized spacial score (nSPS) is 10.8. The fourth-order valence-electron chi connectivity index (χ4n) is 1.68. The lowest BCUT2D eigenvalue weighted by molar-refractivity contribution is 0.0997. The van der Waals surface area contributed by atoms with E-state index in [1.807, 2.05) is 13.8 Å².